The highest BCUT2D eigenvalue weighted by Crippen LogP contribution is 2.11. The Bertz CT molecular complexity index is 809. The van der Waals surface area contributed by atoms with Crippen molar-refractivity contribution in [3.05, 3.63) is 47.7 Å². The summed E-state index contributed by atoms with van der Waals surface area (Å²) in [5, 5.41) is 5.82. The van der Waals surface area contributed by atoms with Crippen LogP contribution in [0.3, 0.4) is 0 Å². The molecule has 0 saturated heterocycles. The minimum absolute atomic E-state index is 0.0126. The molecule has 2 N–H and O–H groups in total. The maximum absolute atomic E-state index is 11.6. The maximum Gasteiger partial charge on any atom is 0.259 e. The predicted octanol–water partition coefficient (Wildman–Crippen LogP) is 1.05. The van der Waals surface area contributed by atoms with Gasteiger partial charge >= 0.3 is 0 Å². The van der Waals surface area contributed by atoms with E-state index >= 15 is 0 Å². The van der Waals surface area contributed by atoms with E-state index in [1.54, 1.807) is 0 Å². The molecule has 0 fully saturated rings. The first-order valence-electron chi connectivity index (χ1n) is 6.53. The fourth-order valence-electron chi connectivity index (χ4n) is 1.60. The lowest BCUT2D eigenvalue weighted by molar-refractivity contribution is -0.119. The molecule has 1 heterocycles. The van der Waals surface area contributed by atoms with E-state index in [1.165, 1.54) is 6.07 Å². The van der Waals surface area contributed by atoms with Gasteiger partial charge in [-0.05, 0) is 31.2 Å². The number of aryl methyl sites for hydroxylation is 1. The Morgan fingerprint density at radius 1 is 1.26 bits per heavy atom. The van der Waals surface area contributed by atoms with Crippen LogP contribution in [0.1, 0.15) is 11.3 Å². The third-order valence-electron chi connectivity index (χ3n) is 2.73. The van der Waals surface area contributed by atoms with Crippen LogP contribution < -0.4 is 10.7 Å². The largest absolute Gasteiger partial charge is 0.742 e. The monoisotopic (exact) mass is 336 g/mol. The van der Waals surface area contributed by atoms with Crippen LogP contribution in [0.25, 0.3) is 0 Å². The molecule has 0 aliphatic rings. The van der Waals surface area contributed by atoms with Gasteiger partial charge in [-0.1, -0.05) is 17.7 Å². The Balaban J connectivity index is 1.82. The summed E-state index contributed by atoms with van der Waals surface area (Å²) in [7, 11) is -4.64. The minimum atomic E-state index is -4.64. The fraction of sp³-hybridized carbons (Fsp3) is 0.143. The van der Waals surface area contributed by atoms with Gasteiger partial charge in [0, 0.05) is 5.69 Å². The molecule has 2 aromatic rings. The third kappa shape index (κ3) is 5.24. The van der Waals surface area contributed by atoms with Crippen LogP contribution in [0.5, 0.6) is 0 Å². The minimum Gasteiger partial charge on any atom is -0.742 e. The molecule has 2 rings (SSSR count). The quantitative estimate of drug-likeness (QED) is 0.462. The van der Waals surface area contributed by atoms with Gasteiger partial charge in [0.15, 0.2) is 10.1 Å². The van der Waals surface area contributed by atoms with Crippen molar-refractivity contribution in [2.24, 2.45) is 5.10 Å². The van der Waals surface area contributed by atoms with Crippen LogP contribution in [-0.2, 0) is 14.9 Å². The van der Waals surface area contributed by atoms with Gasteiger partial charge in [-0.2, -0.15) is 5.10 Å². The van der Waals surface area contributed by atoms with Crippen LogP contribution >= 0.6 is 0 Å². The van der Waals surface area contributed by atoms with Gasteiger partial charge in [0.05, 0.1) is 12.8 Å². The zero-order valence-electron chi connectivity index (χ0n) is 12.1. The molecule has 1 aromatic heterocycles. The topological polar surface area (TPSA) is 124 Å². The Morgan fingerprint density at radius 3 is 2.57 bits per heavy atom. The molecule has 0 spiro atoms. The lowest BCUT2D eigenvalue weighted by Crippen LogP contribution is -2.25. The molecule has 122 valence electrons. The second-order valence-electron chi connectivity index (χ2n) is 4.62. The Kier molecular flexibility index (Phi) is 5.14. The summed E-state index contributed by atoms with van der Waals surface area (Å²) in [5.74, 6) is -0.365. The molecule has 8 nitrogen and oxygen atoms in total. The number of hydrogen-bond acceptors (Lipinski definition) is 7. The Morgan fingerprint density at radius 2 is 1.96 bits per heavy atom. The molecule has 9 heteroatoms. The molecule has 0 saturated carbocycles. The van der Waals surface area contributed by atoms with Gasteiger partial charge < -0.3 is 14.3 Å². The van der Waals surface area contributed by atoms with E-state index in [-0.39, 0.29) is 12.3 Å². The van der Waals surface area contributed by atoms with Crippen LogP contribution in [0, 0.1) is 6.92 Å². The second kappa shape index (κ2) is 7.07. The van der Waals surface area contributed by atoms with Crippen molar-refractivity contribution < 1.29 is 22.2 Å². The number of carbonyl (C=O) groups excluding carboxylic acids is 1. The summed E-state index contributed by atoms with van der Waals surface area (Å²) in [5.41, 5.74) is 4.15. The molecule has 1 aromatic carbocycles. The highest BCUT2D eigenvalue weighted by Gasteiger charge is 2.06. The number of amides is 1. The predicted molar refractivity (Wildman–Crippen MR) is 82.1 cm³/mol. The number of nitrogens with one attached hydrogen (secondary N) is 2. The van der Waals surface area contributed by atoms with Gasteiger partial charge in [-0.15, -0.1) is 0 Å². The number of rotatable bonds is 6. The molecule has 0 bridgehead atoms. The Labute approximate surface area is 132 Å². The smallest absolute Gasteiger partial charge is 0.259 e. The summed E-state index contributed by atoms with van der Waals surface area (Å²) < 4.78 is 36.8. The van der Waals surface area contributed by atoms with Crippen molar-refractivity contribution >= 4 is 27.9 Å². The molecule has 23 heavy (non-hydrogen) atoms. The molecule has 0 unspecified atom stereocenters. The van der Waals surface area contributed by atoms with Gasteiger partial charge in [0.1, 0.15) is 5.76 Å². The summed E-state index contributed by atoms with van der Waals surface area (Å²) in [6, 6.07) is 9.79. The number of benzene rings is 1. The first-order chi connectivity index (χ1) is 10.8. The van der Waals surface area contributed by atoms with Gasteiger partial charge in [0.2, 0.25) is 5.09 Å². The lowest BCUT2D eigenvalue weighted by Gasteiger charge is -2.05. The van der Waals surface area contributed by atoms with Crippen molar-refractivity contribution in [3.63, 3.8) is 0 Å². The molecule has 0 radical (unpaired) electrons. The van der Waals surface area contributed by atoms with Gasteiger partial charge in [-0.3, -0.25) is 4.79 Å². The number of carbonyl (C=O) groups is 1. The van der Waals surface area contributed by atoms with Crippen LogP contribution in [0.15, 0.2) is 51.0 Å². The van der Waals surface area contributed by atoms with Gasteiger partial charge in [-0.25, -0.2) is 13.8 Å². The van der Waals surface area contributed by atoms with Crippen LogP contribution in [-0.4, -0.2) is 31.6 Å². The fourth-order valence-corrected chi connectivity index (χ4v) is 2.03. The maximum atomic E-state index is 11.6. The number of hydrogen-bond donors (Lipinski definition) is 2. The molecule has 0 aliphatic carbocycles. The highest BCUT2D eigenvalue weighted by atomic mass is 32.2. The van der Waals surface area contributed by atoms with E-state index < -0.39 is 21.1 Å². The van der Waals surface area contributed by atoms with E-state index in [4.69, 9.17) is 4.42 Å². The van der Waals surface area contributed by atoms with E-state index in [2.05, 4.69) is 15.8 Å². The Hall–Kier alpha value is -2.65. The first-order valence-corrected chi connectivity index (χ1v) is 7.93. The van der Waals surface area contributed by atoms with Crippen molar-refractivity contribution in [1.82, 2.24) is 5.43 Å². The third-order valence-corrected chi connectivity index (χ3v) is 3.45. The van der Waals surface area contributed by atoms with Crippen LogP contribution in [0.2, 0.25) is 0 Å². The van der Waals surface area contributed by atoms with E-state index in [9.17, 15) is 17.8 Å². The van der Waals surface area contributed by atoms with Crippen molar-refractivity contribution in [2.45, 2.75) is 12.0 Å². The van der Waals surface area contributed by atoms with Crippen molar-refractivity contribution in [2.75, 3.05) is 11.9 Å². The zero-order valence-corrected chi connectivity index (χ0v) is 13.0. The summed E-state index contributed by atoms with van der Waals surface area (Å²) >= 11 is 0. The molecule has 1 amide bonds. The van der Waals surface area contributed by atoms with E-state index in [0.29, 0.717) is 0 Å². The standard InChI is InChI=1S/C14H15N3O5S/c1-10-2-4-11(5-3-10)15-9-13(18)17-16-8-12-6-7-14(22-12)23(19,20)21/h2-8,15H,9H2,1H3,(H,17,18)(H,19,20,21)/p-1/b16-8+. The molecular weight excluding hydrogens is 322 g/mol. The van der Waals surface area contributed by atoms with Crippen molar-refractivity contribution in [1.29, 1.82) is 0 Å². The highest BCUT2D eigenvalue weighted by molar-refractivity contribution is 7.85. The number of furan rings is 1. The molecule has 0 atom stereocenters. The average molecular weight is 336 g/mol. The first kappa shape index (κ1) is 16.7. The number of anilines is 1. The number of nitrogens with zero attached hydrogens (tertiary/aromatic N) is 1. The SMILES string of the molecule is Cc1ccc(NCC(=O)N/N=C/c2ccc(S(=O)(=O)[O-])o2)cc1. The summed E-state index contributed by atoms with van der Waals surface area (Å²) in [6.07, 6.45) is 1.10. The zero-order chi connectivity index (χ0) is 16.9. The van der Waals surface area contributed by atoms with E-state index in [0.717, 1.165) is 23.5 Å². The molecule has 0 aliphatic heterocycles. The van der Waals surface area contributed by atoms with Gasteiger partial charge in [0.25, 0.3) is 5.91 Å². The summed E-state index contributed by atoms with van der Waals surface area (Å²) in [6.45, 7) is 1.97. The summed E-state index contributed by atoms with van der Waals surface area (Å²) in [4.78, 5) is 11.6. The number of hydrazone groups is 1. The molecular formula is C14H14N3O5S-. The van der Waals surface area contributed by atoms with Crippen LogP contribution in [0.4, 0.5) is 5.69 Å². The average Bonchev–Trinajstić information content (AvgIpc) is 2.96. The lowest BCUT2D eigenvalue weighted by atomic mass is 10.2. The normalized spacial score (nSPS) is 11.6. The van der Waals surface area contributed by atoms with E-state index in [1.807, 2.05) is 31.2 Å². The van der Waals surface area contributed by atoms with Crippen molar-refractivity contribution in [3.8, 4) is 0 Å². The second-order valence-corrected chi connectivity index (χ2v) is 5.93.